The van der Waals surface area contributed by atoms with Crippen LogP contribution in [0.25, 0.3) is 0 Å². The lowest BCUT2D eigenvalue weighted by Gasteiger charge is -2.26. The van der Waals surface area contributed by atoms with E-state index >= 15 is 0 Å². The van der Waals surface area contributed by atoms with Crippen LogP contribution in [0.5, 0.6) is 0 Å². The summed E-state index contributed by atoms with van der Waals surface area (Å²) in [6.07, 6.45) is 4.31. The molecule has 0 aromatic heterocycles. The van der Waals surface area contributed by atoms with E-state index in [1.807, 2.05) is 6.07 Å². The van der Waals surface area contributed by atoms with Crippen molar-refractivity contribution in [3.63, 3.8) is 0 Å². The van der Waals surface area contributed by atoms with Crippen molar-refractivity contribution in [3.05, 3.63) is 34.9 Å². The first-order valence-electron chi connectivity index (χ1n) is 6.76. The highest BCUT2D eigenvalue weighted by Gasteiger charge is 2.47. The van der Waals surface area contributed by atoms with E-state index < -0.39 is 0 Å². The Labute approximate surface area is 109 Å². The van der Waals surface area contributed by atoms with Gasteiger partial charge >= 0.3 is 0 Å². The fourth-order valence-electron chi connectivity index (χ4n) is 3.51. The van der Waals surface area contributed by atoms with Gasteiger partial charge in [-0.1, -0.05) is 30.7 Å². The quantitative estimate of drug-likeness (QED) is 0.849. The molecule has 3 rings (SSSR count). The van der Waals surface area contributed by atoms with Gasteiger partial charge in [-0.25, -0.2) is 0 Å². The minimum atomic E-state index is 0.506. The van der Waals surface area contributed by atoms with Gasteiger partial charge in [-0.3, -0.25) is 0 Å². The average Bonchev–Trinajstić information content (AvgIpc) is 2.93. The molecular formula is C15H20ClN. The molecule has 1 nitrogen and oxygen atoms in total. The number of hydrogen-bond donors (Lipinski definition) is 1. The average molecular weight is 250 g/mol. The molecule has 2 fully saturated rings. The third kappa shape index (κ3) is 2.36. The lowest BCUT2D eigenvalue weighted by atomic mass is 9.89. The molecule has 1 N–H and O–H groups in total. The van der Waals surface area contributed by atoms with Crippen molar-refractivity contribution in [2.24, 2.45) is 17.8 Å². The molecule has 0 radical (unpaired) electrons. The highest BCUT2D eigenvalue weighted by Crippen LogP contribution is 2.57. The molecule has 2 heteroatoms. The largest absolute Gasteiger partial charge is 0.310 e. The van der Waals surface area contributed by atoms with Crippen LogP contribution in [-0.2, 0) is 0 Å². The van der Waals surface area contributed by atoms with E-state index in [4.69, 9.17) is 11.6 Å². The Kier molecular flexibility index (Phi) is 3.14. The highest BCUT2D eigenvalue weighted by atomic mass is 35.5. The second-order valence-electron chi connectivity index (χ2n) is 5.58. The van der Waals surface area contributed by atoms with Crippen molar-refractivity contribution >= 4 is 11.6 Å². The first-order valence-corrected chi connectivity index (χ1v) is 7.14. The molecular weight excluding hydrogens is 230 g/mol. The third-order valence-electron chi connectivity index (χ3n) is 4.38. The molecule has 2 aliphatic carbocycles. The Morgan fingerprint density at radius 3 is 2.71 bits per heavy atom. The summed E-state index contributed by atoms with van der Waals surface area (Å²) in [7, 11) is 0. The molecule has 3 atom stereocenters. The van der Waals surface area contributed by atoms with Gasteiger partial charge in [-0.15, -0.1) is 0 Å². The Bertz CT molecular complexity index is 394. The Morgan fingerprint density at radius 1 is 1.29 bits per heavy atom. The number of rotatable bonds is 4. The van der Waals surface area contributed by atoms with E-state index in [1.54, 1.807) is 0 Å². The summed E-state index contributed by atoms with van der Waals surface area (Å²) in [5.41, 5.74) is 1.37. The van der Waals surface area contributed by atoms with E-state index in [1.165, 1.54) is 24.8 Å². The van der Waals surface area contributed by atoms with E-state index in [2.05, 4.69) is 30.4 Å². The molecule has 0 aliphatic heterocycles. The molecule has 0 bridgehead atoms. The molecule has 1 aromatic carbocycles. The maximum Gasteiger partial charge on any atom is 0.0409 e. The van der Waals surface area contributed by atoms with Crippen molar-refractivity contribution in [2.75, 3.05) is 6.54 Å². The van der Waals surface area contributed by atoms with E-state index in [0.717, 1.165) is 29.3 Å². The predicted octanol–water partition coefficient (Wildman–Crippen LogP) is 4.04. The van der Waals surface area contributed by atoms with Gasteiger partial charge in [0.15, 0.2) is 0 Å². The van der Waals surface area contributed by atoms with Crippen LogP contribution >= 0.6 is 11.6 Å². The molecule has 0 spiro atoms. The topological polar surface area (TPSA) is 12.0 Å². The summed E-state index contributed by atoms with van der Waals surface area (Å²) in [5, 5.41) is 4.51. The predicted molar refractivity (Wildman–Crippen MR) is 72.2 cm³/mol. The second kappa shape index (κ2) is 4.62. The third-order valence-corrected chi connectivity index (χ3v) is 4.62. The number of fused-ring (bicyclic) bond motifs is 1. The van der Waals surface area contributed by atoms with Gasteiger partial charge in [-0.05, 0) is 61.3 Å². The zero-order valence-electron chi connectivity index (χ0n) is 10.3. The maximum absolute atomic E-state index is 6.11. The van der Waals surface area contributed by atoms with Crippen LogP contribution in [0.2, 0.25) is 5.02 Å². The maximum atomic E-state index is 6.11. The summed E-state index contributed by atoms with van der Waals surface area (Å²) in [6, 6.07) is 8.87. The number of halogens is 1. The summed E-state index contributed by atoms with van der Waals surface area (Å²) >= 11 is 6.11. The molecule has 0 saturated heterocycles. The molecule has 0 heterocycles. The fourth-order valence-corrected chi connectivity index (χ4v) is 3.71. The Morgan fingerprint density at radius 2 is 2.06 bits per heavy atom. The summed E-state index contributed by atoms with van der Waals surface area (Å²) in [5.74, 6) is 2.90. The molecule has 92 valence electrons. The van der Waals surface area contributed by atoms with Crippen molar-refractivity contribution in [3.8, 4) is 0 Å². The first kappa shape index (κ1) is 11.6. The van der Waals surface area contributed by atoms with Gasteiger partial charge in [0.1, 0.15) is 0 Å². The Balaban J connectivity index is 1.79. The Hall–Kier alpha value is -0.530. The molecule has 3 unspecified atom stereocenters. The molecule has 17 heavy (non-hydrogen) atoms. The minimum absolute atomic E-state index is 0.506. The SMILES string of the molecule is CCNC(c1cccc(Cl)c1)C1CC2CC2C1. The second-order valence-corrected chi connectivity index (χ2v) is 6.01. The van der Waals surface area contributed by atoms with E-state index in [9.17, 15) is 0 Å². The van der Waals surface area contributed by atoms with Gasteiger partial charge in [0.2, 0.25) is 0 Å². The van der Waals surface area contributed by atoms with Gasteiger partial charge in [-0.2, -0.15) is 0 Å². The normalized spacial score (nSPS) is 32.2. The van der Waals surface area contributed by atoms with Crippen LogP contribution in [-0.4, -0.2) is 6.54 Å². The minimum Gasteiger partial charge on any atom is -0.310 e. The molecule has 2 aliphatic rings. The molecule has 1 aromatic rings. The highest BCUT2D eigenvalue weighted by molar-refractivity contribution is 6.30. The van der Waals surface area contributed by atoms with Crippen LogP contribution in [0.15, 0.2) is 24.3 Å². The lowest BCUT2D eigenvalue weighted by Crippen LogP contribution is -2.27. The number of hydrogen-bond acceptors (Lipinski definition) is 1. The first-order chi connectivity index (χ1) is 8.28. The smallest absolute Gasteiger partial charge is 0.0409 e. The van der Waals surface area contributed by atoms with Crippen molar-refractivity contribution in [2.45, 2.75) is 32.2 Å². The van der Waals surface area contributed by atoms with Crippen molar-refractivity contribution in [1.29, 1.82) is 0 Å². The van der Waals surface area contributed by atoms with Crippen LogP contribution in [0, 0.1) is 17.8 Å². The van der Waals surface area contributed by atoms with Crippen LogP contribution < -0.4 is 5.32 Å². The van der Waals surface area contributed by atoms with Crippen molar-refractivity contribution < 1.29 is 0 Å². The van der Waals surface area contributed by atoms with E-state index in [-0.39, 0.29) is 0 Å². The summed E-state index contributed by atoms with van der Waals surface area (Å²) in [4.78, 5) is 0. The number of nitrogens with one attached hydrogen (secondary N) is 1. The summed E-state index contributed by atoms with van der Waals surface area (Å²) in [6.45, 7) is 3.22. The van der Waals surface area contributed by atoms with Crippen LogP contribution in [0.1, 0.15) is 37.8 Å². The molecule has 0 amide bonds. The zero-order chi connectivity index (χ0) is 11.8. The van der Waals surface area contributed by atoms with Gasteiger partial charge in [0, 0.05) is 11.1 Å². The van der Waals surface area contributed by atoms with Crippen LogP contribution in [0.3, 0.4) is 0 Å². The molecule has 2 saturated carbocycles. The van der Waals surface area contributed by atoms with Gasteiger partial charge < -0.3 is 5.32 Å². The zero-order valence-corrected chi connectivity index (χ0v) is 11.1. The number of benzene rings is 1. The van der Waals surface area contributed by atoms with Gasteiger partial charge in [0.05, 0.1) is 0 Å². The monoisotopic (exact) mass is 249 g/mol. The van der Waals surface area contributed by atoms with Gasteiger partial charge in [0.25, 0.3) is 0 Å². The van der Waals surface area contributed by atoms with Crippen molar-refractivity contribution in [1.82, 2.24) is 5.32 Å². The summed E-state index contributed by atoms with van der Waals surface area (Å²) < 4.78 is 0. The van der Waals surface area contributed by atoms with Crippen LogP contribution in [0.4, 0.5) is 0 Å². The lowest BCUT2D eigenvalue weighted by molar-refractivity contribution is 0.347. The fraction of sp³-hybridized carbons (Fsp3) is 0.600. The standard InChI is InChI=1S/C15H20ClN/c1-2-17-15(10-4-3-5-14(16)9-10)13-7-11-6-12(11)8-13/h3-5,9,11-13,15,17H,2,6-8H2,1H3. The van der Waals surface area contributed by atoms with E-state index in [0.29, 0.717) is 6.04 Å².